The van der Waals surface area contributed by atoms with Gasteiger partial charge in [-0.15, -0.1) is 0 Å². The van der Waals surface area contributed by atoms with Crippen LogP contribution >= 0.6 is 22.6 Å². The van der Waals surface area contributed by atoms with Crippen LogP contribution in [0.5, 0.6) is 0 Å². The molecule has 1 aromatic heterocycles. The Balaban J connectivity index is 2.84. The molecule has 1 heterocycles. The fourth-order valence-electron chi connectivity index (χ4n) is 1.21. The highest BCUT2D eigenvalue weighted by Gasteiger charge is 1.97. The SMILES string of the molecule is Cc1cc2cccnc2cc1I. The third-order valence-corrected chi connectivity index (χ3v) is 3.05. The average molecular weight is 269 g/mol. The number of rotatable bonds is 0. The normalized spacial score (nSPS) is 10.5. The minimum Gasteiger partial charge on any atom is -0.256 e. The van der Waals surface area contributed by atoms with Crippen LogP contribution in [0.15, 0.2) is 30.5 Å². The van der Waals surface area contributed by atoms with E-state index in [2.05, 4.69) is 52.7 Å². The van der Waals surface area contributed by atoms with Crippen LogP contribution in [0, 0.1) is 10.5 Å². The summed E-state index contributed by atoms with van der Waals surface area (Å²) in [5.74, 6) is 0. The molecule has 0 aliphatic heterocycles. The van der Waals surface area contributed by atoms with Crippen LogP contribution in [0.4, 0.5) is 0 Å². The third-order valence-electron chi connectivity index (χ3n) is 1.88. The van der Waals surface area contributed by atoms with E-state index in [0.717, 1.165) is 5.52 Å². The van der Waals surface area contributed by atoms with Crippen molar-refractivity contribution in [2.75, 3.05) is 0 Å². The standard InChI is InChI=1S/C10H8IN/c1-7-5-8-3-2-4-12-10(8)6-9(7)11/h2-6H,1H3. The number of aryl methyl sites for hydroxylation is 1. The van der Waals surface area contributed by atoms with E-state index >= 15 is 0 Å². The number of pyridine rings is 1. The molecule has 60 valence electrons. The summed E-state index contributed by atoms with van der Waals surface area (Å²) in [4.78, 5) is 4.28. The summed E-state index contributed by atoms with van der Waals surface area (Å²) < 4.78 is 1.28. The van der Waals surface area contributed by atoms with E-state index in [4.69, 9.17) is 0 Å². The van der Waals surface area contributed by atoms with Crippen LogP contribution < -0.4 is 0 Å². The molecule has 0 N–H and O–H groups in total. The molecule has 2 aromatic rings. The quantitative estimate of drug-likeness (QED) is 0.669. The number of hydrogen-bond donors (Lipinski definition) is 0. The first-order chi connectivity index (χ1) is 5.77. The van der Waals surface area contributed by atoms with E-state index in [1.54, 1.807) is 0 Å². The van der Waals surface area contributed by atoms with E-state index in [1.165, 1.54) is 14.5 Å². The summed E-state index contributed by atoms with van der Waals surface area (Å²) in [6.07, 6.45) is 1.83. The van der Waals surface area contributed by atoms with Crippen LogP contribution in [0.2, 0.25) is 0 Å². The van der Waals surface area contributed by atoms with Gasteiger partial charge in [-0.1, -0.05) is 6.07 Å². The molecular formula is C10H8IN. The second-order valence-electron chi connectivity index (χ2n) is 2.80. The zero-order valence-corrected chi connectivity index (χ0v) is 8.87. The predicted molar refractivity (Wildman–Crippen MR) is 59.2 cm³/mol. The Morgan fingerprint density at radius 3 is 3.00 bits per heavy atom. The molecule has 0 saturated carbocycles. The zero-order valence-electron chi connectivity index (χ0n) is 6.71. The van der Waals surface area contributed by atoms with Crippen LogP contribution in [0.3, 0.4) is 0 Å². The van der Waals surface area contributed by atoms with Gasteiger partial charge in [0.25, 0.3) is 0 Å². The molecule has 0 unspecified atom stereocenters. The third kappa shape index (κ3) is 1.31. The lowest BCUT2D eigenvalue weighted by Crippen LogP contribution is -1.83. The van der Waals surface area contributed by atoms with E-state index < -0.39 is 0 Å². The van der Waals surface area contributed by atoms with E-state index in [-0.39, 0.29) is 0 Å². The monoisotopic (exact) mass is 269 g/mol. The highest BCUT2D eigenvalue weighted by molar-refractivity contribution is 14.1. The van der Waals surface area contributed by atoms with Gasteiger partial charge in [0.15, 0.2) is 0 Å². The van der Waals surface area contributed by atoms with Gasteiger partial charge in [0.05, 0.1) is 5.52 Å². The van der Waals surface area contributed by atoms with Gasteiger partial charge in [0.1, 0.15) is 0 Å². The summed E-state index contributed by atoms with van der Waals surface area (Å²) in [6.45, 7) is 2.12. The lowest BCUT2D eigenvalue weighted by Gasteiger charge is -2.00. The van der Waals surface area contributed by atoms with Crippen molar-refractivity contribution >= 4 is 33.5 Å². The maximum absolute atomic E-state index is 4.28. The van der Waals surface area contributed by atoms with Crippen molar-refractivity contribution in [2.45, 2.75) is 6.92 Å². The summed E-state index contributed by atoms with van der Waals surface area (Å²) in [5, 5.41) is 1.22. The molecule has 0 amide bonds. The lowest BCUT2D eigenvalue weighted by molar-refractivity contribution is 1.38. The fourth-order valence-corrected chi connectivity index (χ4v) is 1.66. The topological polar surface area (TPSA) is 12.9 Å². The molecule has 0 fully saturated rings. The molecule has 0 spiro atoms. The number of aromatic nitrogens is 1. The highest BCUT2D eigenvalue weighted by Crippen LogP contribution is 2.18. The molecular weight excluding hydrogens is 261 g/mol. The van der Waals surface area contributed by atoms with E-state index in [0.29, 0.717) is 0 Å². The molecule has 0 saturated heterocycles. The van der Waals surface area contributed by atoms with Gasteiger partial charge >= 0.3 is 0 Å². The van der Waals surface area contributed by atoms with Crippen molar-refractivity contribution in [3.63, 3.8) is 0 Å². The minimum atomic E-state index is 1.08. The summed E-state index contributed by atoms with van der Waals surface area (Å²) in [5.41, 5.74) is 2.39. The van der Waals surface area contributed by atoms with Crippen molar-refractivity contribution in [3.8, 4) is 0 Å². The molecule has 2 heteroatoms. The molecule has 1 aromatic carbocycles. The smallest absolute Gasteiger partial charge is 0.0712 e. The Hall–Kier alpha value is -0.640. The maximum Gasteiger partial charge on any atom is 0.0712 e. The Kier molecular flexibility index (Phi) is 2.00. The first-order valence-electron chi connectivity index (χ1n) is 3.78. The van der Waals surface area contributed by atoms with Gasteiger partial charge < -0.3 is 0 Å². The van der Waals surface area contributed by atoms with Crippen molar-refractivity contribution in [2.24, 2.45) is 0 Å². The largest absolute Gasteiger partial charge is 0.256 e. The predicted octanol–water partition coefficient (Wildman–Crippen LogP) is 3.15. The van der Waals surface area contributed by atoms with Gasteiger partial charge in [-0.05, 0) is 53.3 Å². The van der Waals surface area contributed by atoms with Crippen LogP contribution in [-0.4, -0.2) is 4.98 Å². The average Bonchev–Trinajstić information content (AvgIpc) is 2.07. The number of benzene rings is 1. The van der Waals surface area contributed by atoms with E-state index in [9.17, 15) is 0 Å². The van der Waals surface area contributed by atoms with Crippen LogP contribution in [-0.2, 0) is 0 Å². The maximum atomic E-state index is 4.28. The van der Waals surface area contributed by atoms with Gasteiger partial charge in [0.2, 0.25) is 0 Å². The van der Waals surface area contributed by atoms with Crippen LogP contribution in [0.25, 0.3) is 10.9 Å². The molecule has 0 aliphatic carbocycles. The van der Waals surface area contributed by atoms with Gasteiger partial charge in [-0.3, -0.25) is 4.98 Å². The van der Waals surface area contributed by atoms with Crippen LogP contribution in [0.1, 0.15) is 5.56 Å². The number of halogens is 1. The number of hydrogen-bond acceptors (Lipinski definition) is 1. The van der Waals surface area contributed by atoms with Crippen molar-refractivity contribution in [1.82, 2.24) is 4.98 Å². The summed E-state index contributed by atoms with van der Waals surface area (Å²) in [6, 6.07) is 8.34. The second kappa shape index (κ2) is 3.01. The Bertz CT molecular complexity index is 383. The first kappa shape index (κ1) is 7.98. The number of fused-ring (bicyclic) bond motifs is 1. The van der Waals surface area contributed by atoms with Gasteiger partial charge in [-0.25, -0.2) is 0 Å². The fraction of sp³-hybridized carbons (Fsp3) is 0.100. The van der Waals surface area contributed by atoms with Gasteiger partial charge in [-0.2, -0.15) is 0 Å². The first-order valence-corrected chi connectivity index (χ1v) is 4.86. The number of nitrogens with zero attached hydrogens (tertiary/aromatic N) is 1. The molecule has 2 rings (SSSR count). The Morgan fingerprint density at radius 2 is 2.17 bits per heavy atom. The summed E-state index contributed by atoms with van der Waals surface area (Å²) >= 11 is 2.33. The molecule has 0 radical (unpaired) electrons. The van der Waals surface area contributed by atoms with Gasteiger partial charge in [0, 0.05) is 15.2 Å². The zero-order chi connectivity index (χ0) is 8.55. The Morgan fingerprint density at radius 1 is 1.33 bits per heavy atom. The second-order valence-corrected chi connectivity index (χ2v) is 3.96. The van der Waals surface area contributed by atoms with E-state index in [1.807, 2.05) is 12.3 Å². The highest BCUT2D eigenvalue weighted by atomic mass is 127. The minimum absolute atomic E-state index is 1.08. The molecule has 1 nitrogen and oxygen atoms in total. The molecule has 0 atom stereocenters. The van der Waals surface area contributed by atoms with Crippen molar-refractivity contribution in [1.29, 1.82) is 0 Å². The van der Waals surface area contributed by atoms with Crippen molar-refractivity contribution < 1.29 is 0 Å². The lowest BCUT2D eigenvalue weighted by atomic mass is 10.1. The van der Waals surface area contributed by atoms with Crippen molar-refractivity contribution in [3.05, 3.63) is 39.6 Å². The molecule has 12 heavy (non-hydrogen) atoms. The molecule has 0 aliphatic rings. The summed E-state index contributed by atoms with van der Waals surface area (Å²) in [7, 11) is 0. The molecule has 0 bridgehead atoms. The Labute approximate surface area is 85.0 Å².